The third-order valence-corrected chi connectivity index (χ3v) is 7.01. The molecule has 4 aromatic rings. The molecular formula is C23H21N5O4S. The maximum atomic E-state index is 12.9. The molecule has 168 valence electrons. The first-order valence-corrected chi connectivity index (χ1v) is 11.5. The number of fused-ring (bicyclic) bond motifs is 2. The third-order valence-electron chi connectivity index (χ3n) is 5.91. The van der Waals surface area contributed by atoms with Crippen molar-refractivity contribution in [2.45, 2.75) is 12.8 Å². The second kappa shape index (κ2) is 8.62. The van der Waals surface area contributed by atoms with Gasteiger partial charge >= 0.3 is 0 Å². The van der Waals surface area contributed by atoms with Gasteiger partial charge in [0.05, 0.1) is 26.1 Å². The summed E-state index contributed by atoms with van der Waals surface area (Å²) in [6, 6.07) is 12.2. The van der Waals surface area contributed by atoms with E-state index in [0.717, 1.165) is 47.3 Å². The van der Waals surface area contributed by atoms with Crippen molar-refractivity contribution in [2.75, 3.05) is 24.5 Å². The summed E-state index contributed by atoms with van der Waals surface area (Å²) in [5.41, 5.74) is 0.610. The van der Waals surface area contributed by atoms with E-state index in [2.05, 4.69) is 21.3 Å². The normalized spacial score (nSPS) is 16.2. The van der Waals surface area contributed by atoms with Crippen LogP contribution < -0.4 is 10.2 Å². The molecule has 1 aliphatic heterocycles. The van der Waals surface area contributed by atoms with Crippen molar-refractivity contribution in [3.05, 3.63) is 64.3 Å². The first-order valence-electron chi connectivity index (χ1n) is 10.6. The lowest BCUT2D eigenvalue weighted by molar-refractivity contribution is -0.383. The van der Waals surface area contributed by atoms with Crippen LogP contribution in [0.2, 0.25) is 0 Å². The van der Waals surface area contributed by atoms with Crippen LogP contribution in [0.25, 0.3) is 21.1 Å². The summed E-state index contributed by atoms with van der Waals surface area (Å²) in [5, 5.41) is 26.1. The van der Waals surface area contributed by atoms with Crippen LogP contribution in [0, 0.1) is 16.0 Å². The SMILES string of the molecule is O=C(NCC1CCCN(c2nc3ccccc3s2)C1)c1cc([N+](=O)[O-])c2cccnc2c1O. The molecule has 1 unspecified atom stereocenters. The number of aromatic nitrogens is 2. The number of carbonyl (C=O) groups is 1. The number of carbonyl (C=O) groups excluding carboxylic acids is 1. The Kier molecular flexibility index (Phi) is 5.51. The van der Waals surface area contributed by atoms with Crippen molar-refractivity contribution < 1.29 is 14.8 Å². The van der Waals surface area contributed by atoms with Gasteiger partial charge in [0.2, 0.25) is 0 Å². The number of phenolic OH excluding ortho intramolecular Hbond substituents is 1. The number of rotatable bonds is 5. The number of pyridine rings is 1. The van der Waals surface area contributed by atoms with Crippen LogP contribution in [0.3, 0.4) is 0 Å². The van der Waals surface area contributed by atoms with Crippen molar-refractivity contribution in [1.29, 1.82) is 0 Å². The summed E-state index contributed by atoms with van der Waals surface area (Å²) in [6.45, 7) is 2.06. The number of thiazole rings is 1. The Morgan fingerprint density at radius 1 is 1.30 bits per heavy atom. The Morgan fingerprint density at radius 3 is 2.97 bits per heavy atom. The quantitative estimate of drug-likeness (QED) is 0.337. The average Bonchev–Trinajstić information content (AvgIpc) is 3.27. The number of phenols is 1. The molecule has 5 rings (SSSR count). The first-order chi connectivity index (χ1) is 16.0. The zero-order valence-corrected chi connectivity index (χ0v) is 18.4. The zero-order valence-electron chi connectivity index (χ0n) is 17.6. The van der Waals surface area contributed by atoms with Crippen molar-refractivity contribution in [3.8, 4) is 5.75 Å². The highest BCUT2D eigenvalue weighted by Crippen LogP contribution is 2.35. The van der Waals surface area contributed by atoms with E-state index in [4.69, 9.17) is 4.98 Å². The van der Waals surface area contributed by atoms with Crippen LogP contribution in [0.4, 0.5) is 10.8 Å². The molecular weight excluding hydrogens is 442 g/mol. The summed E-state index contributed by atoms with van der Waals surface area (Å²) >= 11 is 1.66. The number of nitrogens with zero attached hydrogens (tertiary/aromatic N) is 4. The Balaban J connectivity index is 1.31. The smallest absolute Gasteiger partial charge is 0.279 e. The zero-order chi connectivity index (χ0) is 22.9. The van der Waals surface area contributed by atoms with Crippen molar-refractivity contribution in [1.82, 2.24) is 15.3 Å². The number of nitro benzene ring substituents is 1. The van der Waals surface area contributed by atoms with Gasteiger partial charge in [-0.3, -0.25) is 19.9 Å². The maximum absolute atomic E-state index is 12.9. The molecule has 3 heterocycles. The number of nitro groups is 1. The van der Waals surface area contributed by atoms with Crippen LogP contribution in [-0.2, 0) is 0 Å². The molecule has 1 amide bonds. The number of piperidine rings is 1. The molecule has 1 fully saturated rings. The molecule has 0 saturated carbocycles. The molecule has 0 radical (unpaired) electrons. The maximum Gasteiger partial charge on any atom is 0.279 e. The molecule has 9 nitrogen and oxygen atoms in total. The summed E-state index contributed by atoms with van der Waals surface area (Å²) in [7, 11) is 0. The number of nitrogens with one attached hydrogen (secondary N) is 1. The number of amides is 1. The Hall–Kier alpha value is -3.79. The molecule has 1 atom stereocenters. The van der Waals surface area contributed by atoms with Gasteiger partial charge in [0, 0.05) is 31.9 Å². The van der Waals surface area contributed by atoms with Crippen molar-refractivity contribution in [2.24, 2.45) is 5.92 Å². The number of para-hydroxylation sites is 1. The molecule has 0 spiro atoms. The van der Waals surface area contributed by atoms with Gasteiger partial charge in [0.25, 0.3) is 11.6 Å². The standard InChI is InChI=1S/C23H21N5O4S/c29-21-16(11-18(28(31)32)15-6-3-9-24-20(15)21)22(30)25-12-14-5-4-10-27(13-14)23-26-17-7-1-2-8-19(17)33-23/h1-3,6-9,11,14,29H,4-5,10,12-13H2,(H,25,30). The van der Waals surface area contributed by atoms with Gasteiger partial charge in [0.15, 0.2) is 10.9 Å². The second-order valence-electron chi connectivity index (χ2n) is 8.08. The van der Waals surface area contributed by atoms with Gasteiger partial charge in [-0.05, 0) is 43.0 Å². The highest BCUT2D eigenvalue weighted by atomic mass is 32.1. The summed E-state index contributed by atoms with van der Waals surface area (Å²) in [6.07, 6.45) is 3.35. The van der Waals surface area contributed by atoms with Crippen LogP contribution in [0.5, 0.6) is 5.75 Å². The molecule has 2 N–H and O–H groups in total. The molecule has 33 heavy (non-hydrogen) atoms. The van der Waals surface area contributed by atoms with E-state index >= 15 is 0 Å². The summed E-state index contributed by atoms with van der Waals surface area (Å²) in [4.78, 5) is 34.8. The highest BCUT2D eigenvalue weighted by Gasteiger charge is 2.26. The van der Waals surface area contributed by atoms with Gasteiger partial charge in [0.1, 0.15) is 5.52 Å². The van der Waals surface area contributed by atoms with Crippen molar-refractivity contribution >= 4 is 49.2 Å². The molecule has 1 saturated heterocycles. The first kappa shape index (κ1) is 21.1. The highest BCUT2D eigenvalue weighted by molar-refractivity contribution is 7.22. The van der Waals surface area contributed by atoms with Crippen LogP contribution in [0.1, 0.15) is 23.2 Å². The lowest BCUT2D eigenvalue weighted by Crippen LogP contribution is -2.41. The number of hydrogen-bond acceptors (Lipinski definition) is 8. The van der Waals surface area contributed by atoms with E-state index in [1.807, 2.05) is 18.2 Å². The van der Waals surface area contributed by atoms with Gasteiger partial charge in [-0.1, -0.05) is 23.5 Å². The molecule has 2 aromatic carbocycles. The number of hydrogen-bond donors (Lipinski definition) is 2. The van der Waals surface area contributed by atoms with Crippen LogP contribution in [-0.4, -0.2) is 45.5 Å². The van der Waals surface area contributed by atoms with E-state index < -0.39 is 10.8 Å². The summed E-state index contributed by atoms with van der Waals surface area (Å²) < 4.78 is 1.14. The number of aromatic hydroxyl groups is 1. The van der Waals surface area contributed by atoms with Gasteiger partial charge in [-0.25, -0.2) is 4.98 Å². The predicted molar refractivity (Wildman–Crippen MR) is 127 cm³/mol. The van der Waals surface area contributed by atoms with Crippen LogP contribution >= 0.6 is 11.3 Å². The average molecular weight is 464 g/mol. The fourth-order valence-corrected chi connectivity index (χ4v) is 5.27. The van der Waals surface area contributed by atoms with E-state index in [1.54, 1.807) is 17.4 Å². The molecule has 0 aliphatic carbocycles. The third kappa shape index (κ3) is 4.05. The lowest BCUT2D eigenvalue weighted by Gasteiger charge is -2.32. The fourth-order valence-electron chi connectivity index (χ4n) is 4.27. The van der Waals surface area contributed by atoms with E-state index in [9.17, 15) is 20.0 Å². The molecule has 2 aromatic heterocycles. The minimum absolute atomic E-state index is 0.0385. The second-order valence-corrected chi connectivity index (χ2v) is 9.09. The monoisotopic (exact) mass is 463 g/mol. The fraction of sp³-hybridized carbons (Fsp3) is 0.261. The largest absolute Gasteiger partial charge is 0.505 e. The van der Waals surface area contributed by atoms with E-state index in [1.165, 1.54) is 12.3 Å². The number of benzene rings is 2. The van der Waals surface area contributed by atoms with Crippen LogP contribution in [0.15, 0.2) is 48.7 Å². The molecule has 0 bridgehead atoms. The van der Waals surface area contributed by atoms with Gasteiger partial charge in [-0.2, -0.15) is 0 Å². The Morgan fingerprint density at radius 2 is 2.15 bits per heavy atom. The number of anilines is 1. The minimum Gasteiger partial charge on any atom is -0.505 e. The number of non-ortho nitro benzene ring substituents is 1. The lowest BCUT2D eigenvalue weighted by atomic mass is 9.98. The van der Waals surface area contributed by atoms with Crippen molar-refractivity contribution in [3.63, 3.8) is 0 Å². The Labute approximate surface area is 192 Å². The Bertz CT molecular complexity index is 1340. The minimum atomic E-state index is -0.572. The topological polar surface area (TPSA) is 121 Å². The molecule has 1 aliphatic rings. The molecule has 10 heteroatoms. The van der Waals surface area contributed by atoms with E-state index in [0.29, 0.717) is 6.54 Å². The predicted octanol–water partition coefficient (Wildman–Crippen LogP) is 4.10. The summed E-state index contributed by atoms with van der Waals surface area (Å²) in [5.74, 6) is -0.709. The van der Waals surface area contributed by atoms with Gasteiger partial charge < -0.3 is 15.3 Å². The van der Waals surface area contributed by atoms with E-state index in [-0.39, 0.29) is 33.8 Å². The van der Waals surface area contributed by atoms with Gasteiger partial charge in [-0.15, -0.1) is 0 Å².